The molecular weight excluding hydrogens is 205 g/mol. The van der Waals surface area contributed by atoms with Gasteiger partial charge in [0.05, 0.1) is 0 Å². The van der Waals surface area contributed by atoms with Gasteiger partial charge in [0.1, 0.15) is 11.2 Å². The van der Waals surface area contributed by atoms with Crippen LogP contribution < -0.4 is 5.32 Å². The summed E-state index contributed by atoms with van der Waals surface area (Å²) in [6.45, 7) is 2.34. The molecule has 1 rings (SSSR count). The van der Waals surface area contributed by atoms with Gasteiger partial charge in [0, 0.05) is 6.54 Å². The second kappa shape index (κ2) is 4.96. The Labute approximate surface area is 87.1 Å². The van der Waals surface area contributed by atoms with Gasteiger partial charge in [-0.3, -0.25) is 4.79 Å². The van der Waals surface area contributed by atoms with Crippen molar-refractivity contribution in [3.05, 3.63) is 35.6 Å². The lowest BCUT2D eigenvalue weighted by Crippen LogP contribution is -2.26. The number of amides is 1. The molecule has 0 bridgehead atoms. The minimum atomic E-state index is -0.754. The van der Waals surface area contributed by atoms with Crippen molar-refractivity contribution >= 4 is 17.5 Å². The van der Waals surface area contributed by atoms with Crippen LogP contribution in [-0.4, -0.2) is 12.5 Å². The quantitative estimate of drug-likeness (QED) is 0.770. The number of carbonyl (C=O) groups excluding carboxylic acids is 1. The van der Waals surface area contributed by atoms with E-state index in [0.717, 1.165) is 0 Å². The number of halogens is 2. The van der Waals surface area contributed by atoms with Gasteiger partial charge in [-0.15, -0.1) is 11.6 Å². The molecule has 0 fully saturated rings. The van der Waals surface area contributed by atoms with Crippen molar-refractivity contribution in [1.29, 1.82) is 0 Å². The van der Waals surface area contributed by atoms with Crippen molar-refractivity contribution in [3.8, 4) is 0 Å². The Hall–Kier alpha value is -1.09. The molecule has 1 unspecified atom stereocenters. The maximum atomic E-state index is 12.6. The lowest BCUT2D eigenvalue weighted by Gasteiger charge is -2.08. The molecule has 1 aromatic rings. The Morgan fingerprint density at radius 1 is 1.50 bits per heavy atom. The first-order chi connectivity index (χ1) is 6.65. The molecule has 4 heteroatoms. The number of hydrogen-bond acceptors (Lipinski definition) is 1. The zero-order valence-electron chi connectivity index (χ0n) is 7.76. The predicted octanol–water partition coefficient (Wildman–Crippen LogP) is 2.24. The standard InChI is InChI=1S/C10H11ClFNO/c1-2-13-10(14)9(11)7-3-5-8(12)6-4-7/h3-6,9H,2H2,1H3,(H,13,14). The van der Waals surface area contributed by atoms with E-state index in [1.807, 2.05) is 6.92 Å². The first-order valence-electron chi connectivity index (χ1n) is 4.32. The fourth-order valence-corrected chi connectivity index (χ4v) is 1.27. The van der Waals surface area contributed by atoms with Crippen LogP contribution in [0.15, 0.2) is 24.3 Å². The summed E-state index contributed by atoms with van der Waals surface area (Å²) >= 11 is 5.85. The van der Waals surface area contributed by atoms with Crippen molar-refractivity contribution in [2.45, 2.75) is 12.3 Å². The maximum Gasteiger partial charge on any atom is 0.242 e. The van der Waals surface area contributed by atoms with Crippen molar-refractivity contribution in [3.63, 3.8) is 0 Å². The van der Waals surface area contributed by atoms with Crippen molar-refractivity contribution in [2.24, 2.45) is 0 Å². The third-order valence-corrected chi connectivity index (χ3v) is 2.19. The highest BCUT2D eigenvalue weighted by Gasteiger charge is 2.16. The second-order valence-electron chi connectivity index (χ2n) is 2.81. The van der Waals surface area contributed by atoms with E-state index in [2.05, 4.69) is 5.32 Å². The summed E-state index contributed by atoms with van der Waals surface area (Å²) < 4.78 is 12.6. The van der Waals surface area contributed by atoms with Gasteiger partial charge in [-0.05, 0) is 24.6 Å². The SMILES string of the molecule is CCNC(=O)C(Cl)c1ccc(F)cc1. The van der Waals surface area contributed by atoms with Gasteiger partial charge >= 0.3 is 0 Å². The van der Waals surface area contributed by atoms with Crippen LogP contribution in [0.25, 0.3) is 0 Å². The summed E-state index contributed by atoms with van der Waals surface area (Å²) in [4.78, 5) is 11.3. The summed E-state index contributed by atoms with van der Waals surface area (Å²) in [5.74, 6) is -0.603. The number of alkyl halides is 1. The molecule has 1 amide bonds. The average Bonchev–Trinajstić information content (AvgIpc) is 2.18. The monoisotopic (exact) mass is 215 g/mol. The van der Waals surface area contributed by atoms with Crippen LogP contribution in [0.4, 0.5) is 4.39 Å². The van der Waals surface area contributed by atoms with Crippen LogP contribution in [0.3, 0.4) is 0 Å². The average molecular weight is 216 g/mol. The molecule has 0 spiro atoms. The molecule has 1 N–H and O–H groups in total. The largest absolute Gasteiger partial charge is 0.355 e. The molecule has 2 nitrogen and oxygen atoms in total. The van der Waals surface area contributed by atoms with Gasteiger partial charge in [0.2, 0.25) is 5.91 Å². The van der Waals surface area contributed by atoms with Crippen molar-refractivity contribution in [1.82, 2.24) is 5.32 Å². The van der Waals surface area contributed by atoms with Crippen molar-refractivity contribution < 1.29 is 9.18 Å². The summed E-state index contributed by atoms with van der Waals surface area (Å²) in [5, 5.41) is 1.84. The fraction of sp³-hybridized carbons (Fsp3) is 0.300. The Morgan fingerprint density at radius 3 is 2.57 bits per heavy atom. The molecule has 0 aliphatic heterocycles. The van der Waals surface area contributed by atoms with Crippen molar-refractivity contribution in [2.75, 3.05) is 6.54 Å². The van der Waals surface area contributed by atoms with Crippen LogP contribution in [0.1, 0.15) is 17.9 Å². The van der Waals surface area contributed by atoms with E-state index in [4.69, 9.17) is 11.6 Å². The van der Waals surface area contributed by atoms with Gasteiger partial charge in [0.25, 0.3) is 0 Å². The molecule has 0 saturated heterocycles. The van der Waals surface area contributed by atoms with Crippen LogP contribution in [0.2, 0.25) is 0 Å². The molecule has 0 aliphatic rings. The van der Waals surface area contributed by atoms with E-state index in [9.17, 15) is 9.18 Å². The molecule has 0 heterocycles. The summed E-state index contributed by atoms with van der Waals surface area (Å²) in [5.41, 5.74) is 0.596. The molecule has 1 atom stereocenters. The molecule has 76 valence electrons. The van der Waals surface area contributed by atoms with Gasteiger partial charge in [-0.2, -0.15) is 0 Å². The van der Waals surface area contributed by atoms with E-state index in [1.54, 1.807) is 0 Å². The molecule has 0 saturated carbocycles. The first-order valence-corrected chi connectivity index (χ1v) is 4.76. The Morgan fingerprint density at radius 2 is 2.07 bits per heavy atom. The van der Waals surface area contributed by atoms with E-state index in [0.29, 0.717) is 12.1 Å². The van der Waals surface area contributed by atoms with Crippen LogP contribution in [0, 0.1) is 5.82 Å². The summed E-state index contributed by atoms with van der Waals surface area (Å²) in [6.07, 6.45) is 0. The highest BCUT2D eigenvalue weighted by atomic mass is 35.5. The number of carbonyl (C=O) groups is 1. The molecule has 0 aromatic heterocycles. The Kier molecular flexibility index (Phi) is 3.89. The highest BCUT2D eigenvalue weighted by molar-refractivity contribution is 6.30. The van der Waals surface area contributed by atoms with Gasteiger partial charge in [-0.25, -0.2) is 4.39 Å². The van der Waals surface area contributed by atoms with Gasteiger partial charge in [0.15, 0.2) is 0 Å². The number of benzene rings is 1. The third-order valence-electron chi connectivity index (χ3n) is 1.74. The summed E-state index contributed by atoms with van der Waals surface area (Å²) in [7, 11) is 0. The van der Waals surface area contributed by atoms with Gasteiger partial charge in [-0.1, -0.05) is 12.1 Å². The smallest absolute Gasteiger partial charge is 0.242 e. The fourth-order valence-electron chi connectivity index (χ4n) is 1.05. The lowest BCUT2D eigenvalue weighted by atomic mass is 10.1. The summed E-state index contributed by atoms with van der Waals surface area (Å²) in [6, 6.07) is 5.57. The lowest BCUT2D eigenvalue weighted by molar-refractivity contribution is -0.120. The normalized spacial score (nSPS) is 12.2. The van der Waals surface area contributed by atoms with Crippen LogP contribution in [0.5, 0.6) is 0 Å². The molecular formula is C10H11ClFNO. The number of hydrogen-bond donors (Lipinski definition) is 1. The molecule has 14 heavy (non-hydrogen) atoms. The minimum absolute atomic E-state index is 0.263. The molecule has 0 aliphatic carbocycles. The van der Waals surface area contributed by atoms with Gasteiger partial charge < -0.3 is 5.32 Å². The Bertz CT molecular complexity index is 312. The van der Waals surface area contributed by atoms with E-state index in [1.165, 1.54) is 24.3 Å². The first kappa shape index (κ1) is 11.0. The number of rotatable bonds is 3. The zero-order valence-corrected chi connectivity index (χ0v) is 8.51. The van der Waals surface area contributed by atoms with Crippen LogP contribution >= 0.6 is 11.6 Å². The van der Waals surface area contributed by atoms with Crippen LogP contribution in [-0.2, 0) is 4.79 Å². The second-order valence-corrected chi connectivity index (χ2v) is 3.25. The van der Waals surface area contributed by atoms with E-state index >= 15 is 0 Å². The Balaban J connectivity index is 2.73. The third kappa shape index (κ3) is 2.70. The topological polar surface area (TPSA) is 29.1 Å². The maximum absolute atomic E-state index is 12.6. The van der Waals surface area contributed by atoms with E-state index in [-0.39, 0.29) is 11.7 Å². The minimum Gasteiger partial charge on any atom is -0.355 e. The molecule has 0 radical (unpaired) electrons. The predicted molar refractivity (Wildman–Crippen MR) is 53.7 cm³/mol. The number of likely N-dealkylation sites (N-methyl/N-ethyl adjacent to an activating group) is 1. The molecule has 1 aromatic carbocycles. The van der Waals surface area contributed by atoms with E-state index < -0.39 is 5.38 Å². The zero-order chi connectivity index (χ0) is 10.6. The highest BCUT2D eigenvalue weighted by Crippen LogP contribution is 2.20. The number of nitrogens with one attached hydrogen (secondary N) is 1.